The Morgan fingerprint density at radius 2 is 1.95 bits per heavy atom. The number of hydrogen-bond acceptors (Lipinski definition) is 3. The van der Waals surface area contributed by atoms with Gasteiger partial charge in [0.05, 0.1) is 0 Å². The lowest BCUT2D eigenvalue weighted by Crippen LogP contribution is -2.34. The maximum absolute atomic E-state index is 11.7. The minimum atomic E-state index is 0.116. The molecule has 0 aliphatic rings. The molecule has 0 spiro atoms. The van der Waals surface area contributed by atoms with Gasteiger partial charge in [0, 0.05) is 32.1 Å². The summed E-state index contributed by atoms with van der Waals surface area (Å²) in [4.78, 5) is 14.0. The Bertz CT molecular complexity index is 418. The van der Waals surface area contributed by atoms with Gasteiger partial charge in [0.2, 0.25) is 5.91 Å². The molecule has 1 amide bonds. The standard InChI is InChI=1S/C16H27N3O/c1-4-19(10-9-16(20)18-13(2)3)12-15-8-6-5-7-14(15)11-17/h5-8,13H,4,9-12,17H2,1-3H3,(H,18,20). The second-order valence-electron chi connectivity index (χ2n) is 5.31. The Labute approximate surface area is 122 Å². The van der Waals surface area contributed by atoms with Crippen molar-refractivity contribution < 1.29 is 4.79 Å². The summed E-state index contributed by atoms with van der Waals surface area (Å²) in [6.07, 6.45) is 0.539. The summed E-state index contributed by atoms with van der Waals surface area (Å²) in [6.45, 7) is 9.17. The zero-order chi connectivity index (χ0) is 15.0. The zero-order valence-corrected chi connectivity index (χ0v) is 12.9. The molecule has 20 heavy (non-hydrogen) atoms. The van der Waals surface area contributed by atoms with Crippen LogP contribution < -0.4 is 11.1 Å². The molecule has 0 aliphatic carbocycles. The molecule has 4 heteroatoms. The molecule has 0 atom stereocenters. The fourth-order valence-electron chi connectivity index (χ4n) is 2.15. The number of nitrogens with one attached hydrogen (secondary N) is 1. The molecular formula is C16H27N3O. The molecule has 0 unspecified atom stereocenters. The van der Waals surface area contributed by atoms with Gasteiger partial charge in [0.15, 0.2) is 0 Å². The first-order chi connectivity index (χ1) is 9.56. The lowest BCUT2D eigenvalue weighted by Gasteiger charge is -2.22. The van der Waals surface area contributed by atoms with E-state index in [-0.39, 0.29) is 11.9 Å². The van der Waals surface area contributed by atoms with Crippen molar-refractivity contribution in [2.75, 3.05) is 13.1 Å². The first kappa shape index (κ1) is 16.7. The van der Waals surface area contributed by atoms with Crippen molar-refractivity contribution >= 4 is 5.91 Å². The summed E-state index contributed by atoms with van der Waals surface area (Å²) < 4.78 is 0. The third-order valence-corrected chi connectivity index (χ3v) is 3.28. The maximum atomic E-state index is 11.7. The van der Waals surface area contributed by atoms with Crippen LogP contribution in [0.25, 0.3) is 0 Å². The Balaban J connectivity index is 2.52. The second kappa shape index (κ2) is 8.72. The van der Waals surface area contributed by atoms with Crippen molar-refractivity contribution in [3.05, 3.63) is 35.4 Å². The van der Waals surface area contributed by atoms with Gasteiger partial charge in [-0.1, -0.05) is 31.2 Å². The molecule has 1 aromatic carbocycles. The lowest BCUT2D eigenvalue weighted by molar-refractivity contribution is -0.121. The van der Waals surface area contributed by atoms with E-state index in [2.05, 4.69) is 29.3 Å². The van der Waals surface area contributed by atoms with Gasteiger partial charge in [-0.05, 0) is 31.5 Å². The first-order valence-corrected chi connectivity index (χ1v) is 7.35. The van der Waals surface area contributed by atoms with Crippen LogP contribution in [0.3, 0.4) is 0 Å². The van der Waals surface area contributed by atoms with E-state index >= 15 is 0 Å². The predicted octanol–water partition coefficient (Wildman–Crippen LogP) is 1.88. The van der Waals surface area contributed by atoms with E-state index in [9.17, 15) is 4.79 Å². The number of benzene rings is 1. The third-order valence-electron chi connectivity index (χ3n) is 3.28. The van der Waals surface area contributed by atoms with Crippen molar-refractivity contribution in [3.8, 4) is 0 Å². The molecular weight excluding hydrogens is 250 g/mol. The number of carbonyl (C=O) groups excluding carboxylic acids is 1. The molecule has 1 aromatic rings. The number of hydrogen-bond donors (Lipinski definition) is 2. The van der Waals surface area contributed by atoms with E-state index in [0.717, 1.165) is 19.6 Å². The van der Waals surface area contributed by atoms with Crippen molar-refractivity contribution in [2.24, 2.45) is 5.73 Å². The molecule has 112 valence electrons. The van der Waals surface area contributed by atoms with Gasteiger partial charge in [0.1, 0.15) is 0 Å². The van der Waals surface area contributed by atoms with Gasteiger partial charge in [-0.2, -0.15) is 0 Å². The van der Waals surface area contributed by atoms with Crippen LogP contribution in [0.5, 0.6) is 0 Å². The molecule has 0 heterocycles. The second-order valence-corrected chi connectivity index (χ2v) is 5.31. The summed E-state index contributed by atoms with van der Waals surface area (Å²) in [6, 6.07) is 8.43. The highest BCUT2D eigenvalue weighted by Crippen LogP contribution is 2.11. The summed E-state index contributed by atoms with van der Waals surface area (Å²) >= 11 is 0. The van der Waals surface area contributed by atoms with Crippen molar-refractivity contribution in [1.82, 2.24) is 10.2 Å². The Morgan fingerprint density at radius 3 is 2.50 bits per heavy atom. The van der Waals surface area contributed by atoms with Crippen LogP contribution in [-0.4, -0.2) is 29.9 Å². The van der Waals surface area contributed by atoms with Crippen LogP contribution in [0.1, 0.15) is 38.3 Å². The highest BCUT2D eigenvalue weighted by atomic mass is 16.1. The molecule has 4 nitrogen and oxygen atoms in total. The smallest absolute Gasteiger partial charge is 0.221 e. The molecule has 0 radical (unpaired) electrons. The number of nitrogens with two attached hydrogens (primary N) is 1. The van der Waals surface area contributed by atoms with E-state index in [1.165, 1.54) is 11.1 Å². The quantitative estimate of drug-likeness (QED) is 0.763. The minimum Gasteiger partial charge on any atom is -0.354 e. The van der Waals surface area contributed by atoms with Crippen LogP contribution in [-0.2, 0) is 17.9 Å². The fourth-order valence-corrected chi connectivity index (χ4v) is 2.15. The molecule has 0 saturated carbocycles. The summed E-state index contributed by atoms with van der Waals surface area (Å²) in [7, 11) is 0. The Hall–Kier alpha value is -1.39. The van der Waals surface area contributed by atoms with Crippen molar-refractivity contribution in [2.45, 2.75) is 46.3 Å². The van der Waals surface area contributed by atoms with E-state index < -0.39 is 0 Å². The Morgan fingerprint density at radius 1 is 1.30 bits per heavy atom. The molecule has 0 fully saturated rings. The van der Waals surface area contributed by atoms with Crippen molar-refractivity contribution in [1.29, 1.82) is 0 Å². The maximum Gasteiger partial charge on any atom is 0.221 e. The van der Waals surface area contributed by atoms with Gasteiger partial charge in [-0.25, -0.2) is 0 Å². The van der Waals surface area contributed by atoms with Crippen LogP contribution in [0.4, 0.5) is 0 Å². The SMILES string of the molecule is CCN(CCC(=O)NC(C)C)Cc1ccccc1CN. The van der Waals surface area contributed by atoms with Gasteiger partial charge in [-0.3, -0.25) is 9.69 Å². The number of rotatable bonds is 8. The molecule has 1 rings (SSSR count). The normalized spacial score (nSPS) is 11.1. The lowest BCUT2D eigenvalue weighted by atomic mass is 10.1. The number of amides is 1. The topological polar surface area (TPSA) is 58.4 Å². The summed E-state index contributed by atoms with van der Waals surface area (Å²) in [5, 5.41) is 2.92. The molecule has 0 bridgehead atoms. The summed E-state index contributed by atoms with van der Waals surface area (Å²) in [5.41, 5.74) is 8.19. The average molecular weight is 277 g/mol. The van der Waals surface area contributed by atoms with Crippen LogP contribution in [0.2, 0.25) is 0 Å². The van der Waals surface area contributed by atoms with Crippen LogP contribution >= 0.6 is 0 Å². The minimum absolute atomic E-state index is 0.116. The number of carbonyl (C=O) groups is 1. The molecule has 0 saturated heterocycles. The highest BCUT2D eigenvalue weighted by Gasteiger charge is 2.09. The Kier molecular flexibility index (Phi) is 7.26. The van der Waals surface area contributed by atoms with Gasteiger partial charge in [-0.15, -0.1) is 0 Å². The molecule has 3 N–H and O–H groups in total. The highest BCUT2D eigenvalue weighted by molar-refractivity contribution is 5.76. The summed E-state index contributed by atoms with van der Waals surface area (Å²) in [5.74, 6) is 0.116. The molecule has 0 aliphatic heterocycles. The average Bonchev–Trinajstić information content (AvgIpc) is 2.43. The van der Waals surface area contributed by atoms with Gasteiger partial charge >= 0.3 is 0 Å². The fraction of sp³-hybridized carbons (Fsp3) is 0.562. The van der Waals surface area contributed by atoms with E-state index in [1.807, 2.05) is 26.0 Å². The van der Waals surface area contributed by atoms with Gasteiger partial charge < -0.3 is 11.1 Å². The van der Waals surface area contributed by atoms with Crippen molar-refractivity contribution in [3.63, 3.8) is 0 Å². The van der Waals surface area contributed by atoms with E-state index in [4.69, 9.17) is 5.73 Å². The third kappa shape index (κ3) is 5.72. The van der Waals surface area contributed by atoms with Crippen LogP contribution in [0, 0.1) is 0 Å². The van der Waals surface area contributed by atoms with Crippen LogP contribution in [0.15, 0.2) is 24.3 Å². The predicted molar refractivity (Wildman–Crippen MR) is 83.2 cm³/mol. The first-order valence-electron chi connectivity index (χ1n) is 7.35. The largest absolute Gasteiger partial charge is 0.354 e. The van der Waals surface area contributed by atoms with Gasteiger partial charge in [0.25, 0.3) is 0 Å². The van der Waals surface area contributed by atoms with E-state index in [1.54, 1.807) is 0 Å². The molecule has 0 aromatic heterocycles. The number of nitrogens with zero attached hydrogens (tertiary/aromatic N) is 1. The zero-order valence-electron chi connectivity index (χ0n) is 12.9. The monoisotopic (exact) mass is 277 g/mol. The van der Waals surface area contributed by atoms with E-state index in [0.29, 0.717) is 13.0 Å².